The molecule has 1 aliphatic heterocycles. The molecule has 0 spiro atoms. The normalized spacial score (nSPS) is 13.9. The number of carbonyl (C=O) groups excluding carboxylic acids is 1. The van der Waals surface area contributed by atoms with Crippen molar-refractivity contribution in [2.24, 2.45) is 0 Å². The Kier molecular flexibility index (Phi) is 6.90. The van der Waals surface area contributed by atoms with Crippen LogP contribution in [0.4, 0.5) is 4.39 Å². The van der Waals surface area contributed by atoms with Crippen LogP contribution in [0.15, 0.2) is 53.1 Å². The quantitative estimate of drug-likeness (QED) is 0.462. The minimum absolute atomic E-state index is 0.0988. The average molecular weight is 462 g/mol. The fourth-order valence-electron chi connectivity index (χ4n) is 3.66. The van der Waals surface area contributed by atoms with Gasteiger partial charge in [-0.25, -0.2) is 9.37 Å². The molecule has 162 valence electrons. The maximum absolute atomic E-state index is 13.3. The smallest absolute Gasteiger partial charge is 0.275 e. The molecule has 1 aromatic heterocycles. The van der Waals surface area contributed by atoms with Gasteiger partial charge in [0.2, 0.25) is 5.89 Å². The molecule has 0 atom stereocenters. The maximum atomic E-state index is 13.3. The standard InChI is InChI=1S/C23H22Cl2FN3O2/c24-18-6-5-17(20(25)11-18)13-28(12-16-3-7-19(26)8-4-16)14-22-27-21(15-31-22)23(30)29-9-1-2-10-29/h3-8,11,15H,1-2,9-10,12-14H2. The number of hydrogen-bond acceptors (Lipinski definition) is 4. The molecule has 1 amide bonds. The maximum Gasteiger partial charge on any atom is 0.275 e. The third-order valence-corrected chi connectivity index (χ3v) is 5.84. The molecule has 8 heteroatoms. The van der Waals surface area contributed by atoms with Crippen molar-refractivity contribution in [2.45, 2.75) is 32.5 Å². The first-order valence-electron chi connectivity index (χ1n) is 10.1. The third-order valence-electron chi connectivity index (χ3n) is 5.25. The largest absolute Gasteiger partial charge is 0.447 e. The van der Waals surface area contributed by atoms with Crippen LogP contribution in [-0.2, 0) is 19.6 Å². The molecule has 0 bridgehead atoms. The van der Waals surface area contributed by atoms with E-state index >= 15 is 0 Å². The van der Waals surface area contributed by atoms with Crippen molar-refractivity contribution in [3.63, 3.8) is 0 Å². The molecule has 5 nitrogen and oxygen atoms in total. The van der Waals surface area contributed by atoms with Gasteiger partial charge in [-0.05, 0) is 48.2 Å². The molecule has 0 unspecified atom stereocenters. The number of likely N-dealkylation sites (tertiary alicyclic amines) is 1. The van der Waals surface area contributed by atoms with Gasteiger partial charge in [0.1, 0.15) is 12.1 Å². The van der Waals surface area contributed by atoms with Crippen LogP contribution < -0.4 is 0 Å². The molecular formula is C23H22Cl2FN3O2. The lowest BCUT2D eigenvalue weighted by molar-refractivity contribution is 0.0787. The highest BCUT2D eigenvalue weighted by Gasteiger charge is 2.23. The van der Waals surface area contributed by atoms with Crippen LogP contribution >= 0.6 is 23.2 Å². The number of halogens is 3. The van der Waals surface area contributed by atoms with Gasteiger partial charge in [0.15, 0.2) is 5.69 Å². The van der Waals surface area contributed by atoms with E-state index in [1.807, 2.05) is 6.07 Å². The van der Waals surface area contributed by atoms with Gasteiger partial charge in [-0.15, -0.1) is 0 Å². The second-order valence-corrected chi connectivity index (χ2v) is 8.48. The van der Waals surface area contributed by atoms with E-state index in [-0.39, 0.29) is 11.7 Å². The van der Waals surface area contributed by atoms with Gasteiger partial charge in [-0.1, -0.05) is 41.4 Å². The van der Waals surface area contributed by atoms with Crippen molar-refractivity contribution in [2.75, 3.05) is 13.1 Å². The van der Waals surface area contributed by atoms with Crippen LogP contribution in [0.1, 0.15) is 40.3 Å². The van der Waals surface area contributed by atoms with Gasteiger partial charge in [0, 0.05) is 36.2 Å². The van der Waals surface area contributed by atoms with Gasteiger partial charge in [0.05, 0.1) is 6.54 Å². The van der Waals surface area contributed by atoms with E-state index in [4.69, 9.17) is 27.6 Å². The molecule has 0 radical (unpaired) electrons. The molecule has 31 heavy (non-hydrogen) atoms. The van der Waals surface area contributed by atoms with Crippen molar-refractivity contribution >= 4 is 29.1 Å². The summed E-state index contributed by atoms with van der Waals surface area (Å²) < 4.78 is 18.9. The monoisotopic (exact) mass is 461 g/mol. The van der Waals surface area contributed by atoms with E-state index in [2.05, 4.69) is 9.88 Å². The Morgan fingerprint density at radius 3 is 2.52 bits per heavy atom. The summed E-state index contributed by atoms with van der Waals surface area (Å²) in [6.07, 6.45) is 3.45. The fourth-order valence-corrected chi connectivity index (χ4v) is 4.13. The number of aromatic nitrogens is 1. The number of hydrogen-bond donors (Lipinski definition) is 0. The average Bonchev–Trinajstić information content (AvgIpc) is 3.44. The zero-order chi connectivity index (χ0) is 21.8. The Morgan fingerprint density at radius 1 is 1.06 bits per heavy atom. The zero-order valence-electron chi connectivity index (χ0n) is 16.9. The molecule has 0 N–H and O–H groups in total. The zero-order valence-corrected chi connectivity index (χ0v) is 18.4. The van der Waals surface area contributed by atoms with E-state index in [0.717, 1.165) is 37.1 Å². The highest BCUT2D eigenvalue weighted by atomic mass is 35.5. The summed E-state index contributed by atoms with van der Waals surface area (Å²) >= 11 is 12.4. The highest BCUT2D eigenvalue weighted by molar-refractivity contribution is 6.35. The lowest BCUT2D eigenvalue weighted by atomic mass is 10.1. The van der Waals surface area contributed by atoms with Gasteiger partial charge in [0.25, 0.3) is 5.91 Å². The fraction of sp³-hybridized carbons (Fsp3) is 0.304. The first-order chi connectivity index (χ1) is 15.0. The van der Waals surface area contributed by atoms with Crippen molar-refractivity contribution in [3.05, 3.63) is 87.3 Å². The van der Waals surface area contributed by atoms with Crippen LogP contribution in [-0.4, -0.2) is 33.8 Å². The summed E-state index contributed by atoms with van der Waals surface area (Å²) in [5.41, 5.74) is 2.16. The molecule has 3 aromatic rings. The number of nitrogens with zero attached hydrogens (tertiary/aromatic N) is 3. The minimum Gasteiger partial charge on any atom is -0.447 e. The Labute approximate surface area is 190 Å². The molecular weight excluding hydrogens is 440 g/mol. The van der Waals surface area contributed by atoms with Crippen LogP contribution in [0.5, 0.6) is 0 Å². The molecule has 0 saturated carbocycles. The summed E-state index contributed by atoms with van der Waals surface area (Å²) in [6.45, 7) is 2.91. The first-order valence-corrected chi connectivity index (χ1v) is 10.9. The van der Waals surface area contributed by atoms with Crippen LogP contribution in [0.25, 0.3) is 0 Å². The lowest BCUT2D eigenvalue weighted by Gasteiger charge is -2.22. The van der Waals surface area contributed by atoms with E-state index in [1.54, 1.807) is 29.2 Å². The van der Waals surface area contributed by atoms with Crippen molar-refractivity contribution in [3.8, 4) is 0 Å². The molecule has 1 aliphatic rings. The van der Waals surface area contributed by atoms with Gasteiger partial charge >= 0.3 is 0 Å². The van der Waals surface area contributed by atoms with Crippen LogP contribution in [0, 0.1) is 5.82 Å². The second-order valence-electron chi connectivity index (χ2n) is 7.63. The van der Waals surface area contributed by atoms with Gasteiger partial charge < -0.3 is 9.32 Å². The Morgan fingerprint density at radius 2 is 1.81 bits per heavy atom. The molecule has 1 saturated heterocycles. The predicted molar refractivity (Wildman–Crippen MR) is 117 cm³/mol. The van der Waals surface area contributed by atoms with Crippen LogP contribution in [0.2, 0.25) is 10.0 Å². The number of oxazole rings is 1. The molecule has 4 rings (SSSR count). The highest BCUT2D eigenvalue weighted by Crippen LogP contribution is 2.24. The van der Waals surface area contributed by atoms with E-state index in [1.165, 1.54) is 18.4 Å². The minimum atomic E-state index is -0.284. The van der Waals surface area contributed by atoms with Crippen molar-refractivity contribution < 1.29 is 13.6 Å². The summed E-state index contributed by atoms with van der Waals surface area (Å²) in [6, 6.07) is 11.7. The molecule has 0 aliphatic carbocycles. The lowest BCUT2D eigenvalue weighted by Crippen LogP contribution is -2.28. The van der Waals surface area contributed by atoms with Crippen LogP contribution in [0.3, 0.4) is 0 Å². The van der Waals surface area contributed by atoms with Gasteiger partial charge in [-0.3, -0.25) is 9.69 Å². The molecule has 1 fully saturated rings. The van der Waals surface area contributed by atoms with Gasteiger partial charge in [-0.2, -0.15) is 0 Å². The number of carbonyl (C=O) groups is 1. The van der Waals surface area contributed by atoms with E-state index in [0.29, 0.717) is 41.3 Å². The predicted octanol–water partition coefficient (Wildman–Crippen LogP) is 5.56. The molecule has 2 aromatic carbocycles. The van der Waals surface area contributed by atoms with E-state index < -0.39 is 0 Å². The third kappa shape index (κ3) is 5.64. The SMILES string of the molecule is O=C(c1coc(CN(Cc2ccc(F)cc2)Cc2ccc(Cl)cc2Cl)n1)N1CCCC1. The van der Waals surface area contributed by atoms with E-state index in [9.17, 15) is 9.18 Å². The Balaban J connectivity index is 1.52. The number of amides is 1. The Hall–Kier alpha value is -2.41. The second kappa shape index (κ2) is 9.81. The first kappa shape index (κ1) is 21.8. The summed E-state index contributed by atoms with van der Waals surface area (Å²) in [5.74, 6) is 0.0573. The summed E-state index contributed by atoms with van der Waals surface area (Å²) in [4.78, 5) is 20.8. The summed E-state index contributed by atoms with van der Waals surface area (Å²) in [7, 11) is 0. The summed E-state index contributed by atoms with van der Waals surface area (Å²) in [5, 5.41) is 1.13. The Bertz CT molecular complexity index is 1050. The van der Waals surface area contributed by atoms with Crippen molar-refractivity contribution in [1.82, 2.24) is 14.8 Å². The number of benzene rings is 2. The molecule has 2 heterocycles. The van der Waals surface area contributed by atoms with Crippen molar-refractivity contribution in [1.29, 1.82) is 0 Å². The number of rotatable bonds is 7. The topological polar surface area (TPSA) is 49.6 Å².